The zero-order valence-corrected chi connectivity index (χ0v) is 15.6. The van der Waals surface area contributed by atoms with Crippen molar-refractivity contribution in [2.24, 2.45) is 0 Å². The molecule has 0 aliphatic rings. The molecule has 1 N–H and O–H groups in total. The van der Waals surface area contributed by atoms with Crippen LogP contribution in [0.1, 0.15) is 18.9 Å². The number of amides is 2. The van der Waals surface area contributed by atoms with E-state index in [1.165, 1.54) is 37.1 Å². The van der Waals surface area contributed by atoms with Crippen LogP contribution in [0.15, 0.2) is 36.4 Å². The standard InChI is InChI=1S/C19H20ClFN2O3/c1-12-9-17(18(26-3)11-16(12)20)23(13(2)24)8-7-19(25)22-15-6-4-5-14(21)10-15/h4-6,9-11H,7-8H2,1-3H3,(H,22,25). The molecular formula is C19H20ClFN2O3. The van der Waals surface area contributed by atoms with E-state index in [1.54, 1.807) is 18.2 Å². The van der Waals surface area contributed by atoms with Crippen LogP contribution in [-0.2, 0) is 9.59 Å². The van der Waals surface area contributed by atoms with Gasteiger partial charge >= 0.3 is 0 Å². The van der Waals surface area contributed by atoms with Gasteiger partial charge in [0.25, 0.3) is 0 Å². The Bertz CT molecular complexity index is 826. The minimum Gasteiger partial charge on any atom is -0.495 e. The number of halogens is 2. The summed E-state index contributed by atoms with van der Waals surface area (Å²) in [6.07, 6.45) is 0.0426. The van der Waals surface area contributed by atoms with Crippen molar-refractivity contribution in [2.75, 3.05) is 23.9 Å². The van der Waals surface area contributed by atoms with E-state index in [9.17, 15) is 14.0 Å². The molecule has 2 aromatic carbocycles. The number of aryl methyl sites for hydroxylation is 1. The van der Waals surface area contributed by atoms with Crippen molar-refractivity contribution in [3.05, 3.63) is 52.8 Å². The zero-order valence-electron chi connectivity index (χ0n) is 14.8. The number of carbonyl (C=O) groups excluding carboxylic acids is 2. The lowest BCUT2D eigenvalue weighted by Gasteiger charge is -2.24. The summed E-state index contributed by atoms with van der Waals surface area (Å²) in [6.45, 7) is 3.38. The second kappa shape index (κ2) is 8.67. The summed E-state index contributed by atoms with van der Waals surface area (Å²) < 4.78 is 18.5. The Morgan fingerprint density at radius 2 is 2.00 bits per heavy atom. The molecule has 0 bridgehead atoms. The van der Waals surface area contributed by atoms with Gasteiger partial charge in [0, 0.05) is 36.7 Å². The Morgan fingerprint density at radius 1 is 1.27 bits per heavy atom. The third kappa shape index (κ3) is 4.95. The van der Waals surface area contributed by atoms with E-state index in [0.29, 0.717) is 22.1 Å². The summed E-state index contributed by atoms with van der Waals surface area (Å²) in [6, 6.07) is 9.00. The van der Waals surface area contributed by atoms with Crippen molar-refractivity contribution in [3.63, 3.8) is 0 Å². The molecule has 0 fully saturated rings. The van der Waals surface area contributed by atoms with Gasteiger partial charge in [0.2, 0.25) is 11.8 Å². The molecule has 0 aliphatic carbocycles. The fraction of sp³-hybridized carbons (Fsp3) is 0.263. The van der Waals surface area contributed by atoms with Gasteiger partial charge < -0.3 is 15.0 Å². The van der Waals surface area contributed by atoms with Gasteiger partial charge in [0.05, 0.1) is 12.8 Å². The Kier molecular flexibility index (Phi) is 6.58. The van der Waals surface area contributed by atoms with E-state index in [2.05, 4.69) is 5.32 Å². The molecule has 0 saturated carbocycles. The number of hydrogen-bond acceptors (Lipinski definition) is 3. The van der Waals surface area contributed by atoms with Crippen LogP contribution in [-0.4, -0.2) is 25.5 Å². The number of hydrogen-bond donors (Lipinski definition) is 1. The SMILES string of the molecule is COc1cc(Cl)c(C)cc1N(CCC(=O)Nc1cccc(F)c1)C(C)=O. The minimum absolute atomic E-state index is 0.0426. The molecule has 0 unspecified atom stereocenters. The number of nitrogens with zero attached hydrogens (tertiary/aromatic N) is 1. The molecule has 0 aromatic heterocycles. The van der Waals surface area contributed by atoms with Crippen LogP contribution in [0.5, 0.6) is 5.75 Å². The van der Waals surface area contributed by atoms with Crippen molar-refractivity contribution >= 4 is 34.8 Å². The first-order chi connectivity index (χ1) is 12.3. The molecule has 0 radical (unpaired) electrons. The monoisotopic (exact) mass is 378 g/mol. The molecule has 0 heterocycles. The molecule has 0 saturated heterocycles. The highest BCUT2D eigenvalue weighted by Gasteiger charge is 2.19. The van der Waals surface area contributed by atoms with E-state index >= 15 is 0 Å². The van der Waals surface area contributed by atoms with Gasteiger partial charge in [0.15, 0.2) is 0 Å². The zero-order chi connectivity index (χ0) is 19.3. The van der Waals surface area contributed by atoms with Crippen LogP contribution < -0.4 is 15.0 Å². The number of benzene rings is 2. The highest BCUT2D eigenvalue weighted by molar-refractivity contribution is 6.31. The number of carbonyl (C=O) groups is 2. The number of nitrogens with one attached hydrogen (secondary N) is 1. The first-order valence-corrected chi connectivity index (χ1v) is 8.37. The molecule has 26 heavy (non-hydrogen) atoms. The Hall–Kier alpha value is -2.60. The lowest BCUT2D eigenvalue weighted by atomic mass is 10.1. The maximum absolute atomic E-state index is 13.2. The quantitative estimate of drug-likeness (QED) is 0.820. The minimum atomic E-state index is -0.436. The topological polar surface area (TPSA) is 58.6 Å². The number of anilines is 2. The van der Waals surface area contributed by atoms with Gasteiger partial charge in [-0.3, -0.25) is 9.59 Å². The Morgan fingerprint density at radius 3 is 2.62 bits per heavy atom. The van der Waals surface area contributed by atoms with Crippen molar-refractivity contribution in [1.82, 2.24) is 0 Å². The third-order valence-electron chi connectivity index (χ3n) is 3.80. The van der Waals surface area contributed by atoms with Gasteiger partial charge in [-0.25, -0.2) is 4.39 Å². The molecule has 0 spiro atoms. The summed E-state index contributed by atoms with van der Waals surface area (Å²) in [7, 11) is 1.49. The Balaban J connectivity index is 2.13. The van der Waals surface area contributed by atoms with Crippen molar-refractivity contribution < 1.29 is 18.7 Å². The molecule has 138 valence electrons. The maximum Gasteiger partial charge on any atom is 0.226 e. The van der Waals surface area contributed by atoms with Gasteiger partial charge in [0.1, 0.15) is 11.6 Å². The van der Waals surface area contributed by atoms with Gasteiger partial charge in [-0.2, -0.15) is 0 Å². The Labute approximate surface area is 156 Å². The molecule has 0 atom stereocenters. The summed E-state index contributed by atoms with van der Waals surface area (Å²) in [5.74, 6) is -0.550. The highest BCUT2D eigenvalue weighted by Crippen LogP contribution is 2.34. The second-order valence-electron chi connectivity index (χ2n) is 5.75. The van der Waals surface area contributed by atoms with Crippen molar-refractivity contribution in [2.45, 2.75) is 20.3 Å². The molecule has 2 amide bonds. The molecule has 5 nitrogen and oxygen atoms in total. The fourth-order valence-corrected chi connectivity index (χ4v) is 2.63. The van der Waals surface area contributed by atoms with Crippen LogP contribution in [0.3, 0.4) is 0 Å². The van der Waals surface area contributed by atoms with Crippen molar-refractivity contribution in [1.29, 1.82) is 0 Å². The number of rotatable bonds is 6. The average Bonchev–Trinajstić information content (AvgIpc) is 2.57. The largest absolute Gasteiger partial charge is 0.495 e. The van der Waals surface area contributed by atoms with E-state index < -0.39 is 5.82 Å². The van der Waals surface area contributed by atoms with Crippen LogP contribution >= 0.6 is 11.6 Å². The summed E-state index contributed by atoms with van der Waals surface area (Å²) in [4.78, 5) is 25.7. The first kappa shape index (κ1) is 19.7. The van der Waals surface area contributed by atoms with E-state index in [-0.39, 0.29) is 24.8 Å². The first-order valence-electron chi connectivity index (χ1n) is 7.99. The average molecular weight is 379 g/mol. The molecule has 2 aromatic rings. The van der Waals surface area contributed by atoms with Gasteiger partial charge in [-0.1, -0.05) is 17.7 Å². The van der Waals surface area contributed by atoms with Crippen LogP contribution in [0.4, 0.5) is 15.8 Å². The molecular weight excluding hydrogens is 359 g/mol. The normalized spacial score (nSPS) is 10.3. The van der Waals surface area contributed by atoms with E-state index in [0.717, 1.165) is 5.56 Å². The predicted octanol–water partition coefficient (Wildman–Crippen LogP) is 4.18. The highest BCUT2D eigenvalue weighted by atomic mass is 35.5. The van der Waals surface area contributed by atoms with Crippen molar-refractivity contribution in [3.8, 4) is 5.75 Å². The smallest absolute Gasteiger partial charge is 0.226 e. The number of methoxy groups -OCH3 is 1. The van der Waals surface area contributed by atoms with Crippen LogP contribution in [0.2, 0.25) is 5.02 Å². The fourth-order valence-electron chi connectivity index (χ4n) is 2.47. The molecule has 7 heteroatoms. The maximum atomic E-state index is 13.2. The second-order valence-corrected chi connectivity index (χ2v) is 6.16. The van der Waals surface area contributed by atoms with E-state index in [1.807, 2.05) is 6.92 Å². The van der Waals surface area contributed by atoms with E-state index in [4.69, 9.17) is 16.3 Å². The van der Waals surface area contributed by atoms with Gasteiger partial charge in [-0.15, -0.1) is 0 Å². The summed E-state index contributed by atoms with van der Waals surface area (Å²) >= 11 is 6.10. The van der Waals surface area contributed by atoms with Crippen LogP contribution in [0.25, 0.3) is 0 Å². The molecule has 0 aliphatic heterocycles. The summed E-state index contributed by atoms with van der Waals surface area (Å²) in [5.41, 5.74) is 1.70. The number of ether oxygens (including phenoxy) is 1. The van der Waals surface area contributed by atoms with Crippen LogP contribution in [0, 0.1) is 12.7 Å². The molecule has 2 rings (SSSR count). The lowest BCUT2D eigenvalue weighted by Crippen LogP contribution is -2.32. The lowest BCUT2D eigenvalue weighted by molar-refractivity contribution is -0.117. The summed E-state index contributed by atoms with van der Waals surface area (Å²) in [5, 5.41) is 3.13. The predicted molar refractivity (Wildman–Crippen MR) is 100 cm³/mol. The van der Waals surface area contributed by atoms with Gasteiger partial charge in [-0.05, 0) is 36.8 Å². The third-order valence-corrected chi connectivity index (χ3v) is 4.21.